The Morgan fingerprint density at radius 1 is 1.25 bits per heavy atom. The lowest BCUT2D eigenvalue weighted by Crippen LogP contribution is -2.26. The van der Waals surface area contributed by atoms with Crippen LogP contribution in [0, 0.1) is 0 Å². The summed E-state index contributed by atoms with van der Waals surface area (Å²) in [6, 6.07) is 4.56. The van der Waals surface area contributed by atoms with Crippen molar-refractivity contribution in [2.24, 2.45) is 0 Å². The van der Waals surface area contributed by atoms with Gasteiger partial charge in [-0.2, -0.15) is 0 Å². The molecule has 0 amide bonds. The fourth-order valence-electron chi connectivity index (χ4n) is 2.16. The number of phenols is 1. The first kappa shape index (κ1) is 11.3. The number of nitrogens with one attached hydrogen (secondary N) is 1. The molecule has 2 nitrogen and oxygen atoms in total. The minimum atomic E-state index is -2.61. The number of benzene rings is 1. The van der Waals surface area contributed by atoms with Crippen LogP contribution in [-0.2, 0) is 0 Å². The van der Waals surface area contributed by atoms with Gasteiger partial charge in [-0.3, -0.25) is 0 Å². The second kappa shape index (κ2) is 4.78. The highest BCUT2D eigenvalue weighted by molar-refractivity contribution is 5.38. The van der Waals surface area contributed by atoms with Crippen molar-refractivity contribution in [2.75, 3.05) is 13.1 Å². The van der Waals surface area contributed by atoms with Gasteiger partial charge in [-0.25, -0.2) is 8.78 Å². The maximum absolute atomic E-state index is 12.6. The van der Waals surface area contributed by atoms with Crippen molar-refractivity contribution in [3.8, 4) is 5.75 Å². The zero-order valence-corrected chi connectivity index (χ0v) is 8.92. The van der Waals surface area contributed by atoms with E-state index in [1.54, 1.807) is 6.07 Å². The Bertz CT molecular complexity index is 362. The van der Waals surface area contributed by atoms with E-state index >= 15 is 0 Å². The average molecular weight is 227 g/mol. The maximum Gasteiger partial charge on any atom is 0.267 e. The van der Waals surface area contributed by atoms with E-state index in [0.717, 1.165) is 31.5 Å². The van der Waals surface area contributed by atoms with Crippen molar-refractivity contribution in [1.82, 2.24) is 5.32 Å². The van der Waals surface area contributed by atoms with E-state index in [0.29, 0.717) is 5.92 Å². The normalized spacial score (nSPS) is 17.9. The molecule has 0 bridgehead atoms. The number of hydrogen-bond acceptors (Lipinski definition) is 2. The van der Waals surface area contributed by atoms with E-state index in [-0.39, 0.29) is 11.3 Å². The molecule has 88 valence electrons. The van der Waals surface area contributed by atoms with E-state index in [2.05, 4.69) is 5.32 Å². The van der Waals surface area contributed by atoms with Crippen molar-refractivity contribution < 1.29 is 13.9 Å². The summed E-state index contributed by atoms with van der Waals surface area (Å²) in [5.41, 5.74) is 0.658. The Morgan fingerprint density at radius 3 is 2.56 bits per heavy atom. The van der Waals surface area contributed by atoms with Crippen LogP contribution in [0.3, 0.4) is 0 Å². The van der Waals surface area contributed by atoms with Crippen LogP contribution < -0.4 is 5.32 Å². The minimum absolute atomic E-state index is 0.254. The SMILES string of the molecule is Oc1ccc(C2CCNCC2)cc1C(F)F. The third kappa shape index (κ3) is 2.32. The van der Waals surface area contributed by atoms with Crippen molar-refractivity contribution in [3.63, 3.8) is 0 Å². The first-order valence-corrected chi connectivity index (χ1v) is 5.50. The van der Waals surface area contributed by atoms with Gasteiger partial charge in [-0.1, -0.05) is 6.07 Å². The van der Waals surface area contributed by atoms with E-state index < -0.39 is 6.43 Å². The molecule has 1 saturated heterocycles. The van der Waals surface area contributed by atoms with Crippen LogP contribution in [0.2, 0.25) is 0 Å². The minimum Gasteiger partial charge on any atom is -0.507 e. The molecule has 0 spiro atoms. The largest absolute Gasteiger partial charge is 0.507 e. The zero-order valence-electron chi connectivity index (χ0n) is 8.92. The van der Waals surface area contributed by atoms with Gasteiger partial charge in [0.1, 0.15) is 5.75 Å². The first-order chi connectivity index (χ1) is 7.68. The molecule has 1 aromatic carbocycles. The summed E-state index contributed by atoms with van der Waals surface area (Å²) in [6.07, 6.45) is -0.678. The Kier molecular flexibility index (Phi) is 3.39. The standard InChI is InChI=1S/C12H15F2NO/c13-12(14)10-7-9(1-2-11(10)16)8-3-5-15-6-4-8/h1-2,7-8,12,15-16H,3-6H2. The molecule has 0 unspecified atom stereocenters. The van der Waals surface area contributed by atoms with Gasteiger partial charge in [0.2, 0.25) is 0 Å². The molecule has 0 radical (unpaired) electrons. The Morgan fingerprint density at radius 2 is 1.94 bits per heavy atom. The summed E-state index contributed by atoms with van der Waals surface area (Å²) in [5, 5.41) is 12.5. The number of phenolic OH excluding ortho intramolecular Hbond substituents is 1. The van der Waals surface area contributed by atoms with Gasteiger partial charge in [-0.15, -0.1) is 0 Å². The lowest BCUT2D eigenvalue weighted by atomic mass is 9.89. The molecule has 2 rings (SSSR count). The first-order valence-electron chi connectivity index (χ1n) is 5.50. The summed E-state index contributed by atoms with van der Waals surface area (Å²) in [4.78, 5) is 0. The highest BCUT2D eigenvalue weighted by Crippen LogP contribution is 2.33. The van der Waals surface area contributed by atoms with Gasteiger partial charge in [0, 0.05) is 0 Å². The molecule has 16 heavy (non-hydrogen) atoms. The molecule has 0 saturated carbocycles. The van der Waals surface area contributed by atoms with Gasteiger partial charge in [-0.05, 0) is 49.5 Å². The van der Waals surface area contributed by atoms with Crippen LogP contribution in [0.4, 0.5) is 8.78 Å². The molecule has 2 N–H and O–H groups in total. The molecule has 4 heteroatoms. The van der Waals surface area contributed by atoms with E-state index in [1.165, 1.54) is 12.1 Å². The van der Waals surface area contributed by atoms with Gasteiger partial charge >= 0.3 is 0 Å². The predicted octanol–water partition coefficient (Wildman–Crippen LogP) is 2.80. The summed E-state index contributed by atoms with van der Waals surface area (Å²) < 4.78 is 25.2. The molecule has 1 heterocycles. The second-order valence-corrected chi connectivity index (χ2v) is 4.14. The molecule has 1 aliphatic heterocycles. The number of hydrogen-bond donors (Lipinski definition) is 2. The number of aromatic hydroxyl groups is 1. The Labute approximate surface area is 93.3 Å². The highest BCUT2D eigenvalue weighted by atomic mass is 19.3. The topological polar surface area (TPSA) is 32.3 Å². The monoisotopic (exact) mass is 227 g/mol. The summed E-state index contributed by atoms with van der Waals surface area (Å²) >= 11 is 0. The third-order valence-corrected chi connectivity index (χ3v) is 3.10. The number of halogens is 2. The molecule has 0 atom stereocenters. The predicted molar refractivity (Wildman–Crippen MR) is 57.9 cm³/mol. The average Bonchev–Trinajstić information content (AvgIpc) is 2.30. The Hall–Kier alpha value is -1.16. The van der Waals surface area contributed by atoms with Crippen LogP contribution in [0.25, 0.3) is 0 Å². The highest BCUT2D eigenvalue weighted by Gasteiger charge is 2.19. The van der Waals surface area contributed by atoms with Crippen LogP contribution in [0.5, 0.6) is 5.75 Å². The molecule has 1 fully saturated rings. The van der Waals surface area contributed by atoms with E-state index in [9.17, 15) is 13.9 Å². The smallest absolute Gasteiger partial charge is 0.267 e. The second-order valence-electron chi connectivity index (χ2n) is 4.14. The molecular weight excluding hydrogens is 212 g/mol. The van der Waals surface area contributed by atoms with Gasteiger partial charge in [0.15, 0.2) is 0 Å². The molecule has 0 aliphatic carbocycles. The van der Waals surface area contributed by atoms with Crippen molar-refractivity contribution in [1.29, 1.82) is 0 Å². The number of alkyl halides is 2. The fraction of sp³-hybridized carbons (Fsp3) is 0.500. The van der Waals surface area contributed by atoms with Crippen molar-refractivity contribution >= 4 is 0 Å². The van der Waals surface area contributed by atoms with Gasteiger partial charge < -0.3 is 10.4 Å². The maximum atomic E-state index is 12.6. The van der Waals surface area contributed by atoms with Crippen LogP contribution in [-0.4, -0.2) is 18.2 Å². The molecule has 1 aliphatic rings. The Balaban J connectivity index is 2.24. The fourth-order valence-corrected chi connectivity index (χ4v) is 2.16. The summed E-state index contributed by atoms with van der Waals surface area (Å²) in [6.45, 7) is 1.85. The molecule has 1 aromatic rings. The number of piperidine rings is 1. The third-order valence-electron chi connectivity index (χ3n) is 3.10. The van der Waals surface area contributed by atoms with Crippen LogP contribution in [0.15, 0.2) is 18.2 Å². The zero-order chi connectivity index (χ0) is 11.5. The van der Waals surface area contributed by atoms with E-state index in [1.807, 2.05) is 0 Å². The van der Waals surface area contributed by atoms with Crippen molar-refractivity contribution in [3.05, 3.63) is 29.3 Å². The quantitative estimate of drug-likeness (QED) is 0.814. The van der Waals surface area contributed by atoms with Gasteiger partial charge in [0.25, 0.3) is 6.43 Å². The van der Waals surface area contributed by atoms with E-state index in [4.69, 9.17) is 0 Å². The lowest BCUT2D eigenvalue weighted by Gasteiger charge is -2.23. The summed E-state index contributed by atoms with van der Waals surface area (Å²) in [7, 11) is 0. The van der Waals surface area contributed by atoms with Crippen LogP contribution in [0.1, 0.15) is 36.3 Å². The molecule has 0 aromatic heterocycles. The van der Waals surface area contributed by atoms with Crippen LogP contribution >= 0.6 is 0 Å². The lowest BCUT2D eigenvalue weighted by molar-refractivity contribution is 0.147. The number of rotatable bonds is 2. The van der Waals surface area contributed by atoms with Crippen molar-refractivity contribution in [2.45, 2.75) is 25.2 Å². The molecular formula is C12H15F2NO. The van der Waals surface area contributed by atoms with Gasteiger partial charge in [0.05, 0.1) is 5.56 Å². The summed E-state index contributed by atoms with van der Waals surface area (Å²) in [5.74, 6) is 0.0204.